The number of hydrogen-bond donors (Lipinski definition) is 2. The van der Waals surface area contributed by atoms with E-state index >= 15 is 0 Å². The van der Waals surface area contributed by atoms with Crippen molar-refractivity contribution in [2.75, 3.05) is 23.7 Å². The van der Waals surface area contributed by atoms with E-state index in [-0.39, 0.29) is 49.2 Å². The lowest BCUT2D eigenvalue weighted by Gasteiger charge is -2.34. The van der Waals surface area contributed by atoms with Gasteiger partial charge in [0.25, 0.3) is 11.8 Å². The van der Waals surface area contributed by atoms with E-state index in [0.717, 1.165) is 29.5 Å². The third-order valence-electron chi connectivity index (χ3n) is 9.39. The monoisotopic (exact) mass is 611 g/mol. The number of aliphatic imine (C=N–C) groups is 1. The molecule has 4 amide bonds. The van der Waals surface area contributed by atoms with E-state index in [0.29, 0.717) is 36.3 Å². The first kappa shape index (κ1) is 29.2. The first-order valence-corrected chi connectivity index (χ1v) is 16.1. The SMILES string of the molecule is Cc1cc(N2C(=O)NC(=O)C23CCCC3)cc(C)c1CCS(=O)(=O)N1CCC2(CC1)N=C(c1ccc(OF)cc1)NC2=O. The highest BCUT2D eigenvalue weighted by molar-refractivity contribution is 7.89. The van der Waals surface area contributed by atoms with Crippen LogP contribution in [0.15, 0.2) is 41.4 Å². The summed E-state index contributed by atoms with van der Waals surface area (Å²) in [5.74, 6) is -0.211. The molecule has 1 aliphatic carbocycles. The van der Waals surface area contributed by atoms with E-state index in [4.69, 9.17) is 0 Å². The highest BCUT2D eigenvalue weighted by Gasteiger charge is 2.55. The maximum atomic E-state index is 13.4. The number of carbonyl (C=O) groups is 3. The van der Waals surface area contributed by atoms with Crippen LogP contribution in [-0.4, -0.2) is 66.3 Å². The summed E-state index contributed by atoms with van der Waals surface area (Å²) in [7, 11) is -3.63. The fourth-order valence-corrected chi connectivity index (χ4v) is 8.44. The van der Waals surface area contributed by atoms with Crippen LogP contribution in [0.25, 0.3) is 0 Å². The molecule has 2 N–H and O–H groups in total. The quantitative estimate of drug-likeness (QED) is 0.462. The van der Waals surface area contributed by atoms with E-state index in [9.17, 15) is 27.3 Å². The van der Waals surface area contributed by atoms with Crippen molar-refractivity contribution in [2.45, 2.75) is 69.9 Å². The molecule has 3 fully saturated rings. The highest BCUT2D eigenvalue weighted by Crippen LogP contribution is 2.42. The van der Waals surface area contributed by atoms with Gasteiger partial charge in [-0.25, -0.2) is 17.5 Å². The molecule has 1 saturated carbocycles. The molecule has 2 saturated heterocycles. The maximum Gasteiger partial charge on any atom is 0.329 e. The number of nitrogens with one attached hydrogen (secondary N) is 2. The number of aryl methyl sites for hydroxylation is 2. The zero-order valence-corrected chi connectivity index (χ0v) is 24.9. The molecule has 3 heterocycles. The Hall–Kier alpha value is -3.84. The summed E-state index contributed by atoms with van der Waals surface area (Å²) < 4.78 is 40.6. The average Bonchev–Trinajstić information content (AvgIpc) is 3.65. The van der Waals surface area contributed by atoms with Gasteiger partial charge >= 0.3 is 6.03 Å². The van der Waals surface area contributed by atoms with E-state index < -0.39 is 27.1 Å². The molecule has 11 nitrogen and oxygen atoms in total. The number of halogens is 1. The zero-order chi connectivity index (χ0) is 30.6. The van der Waals surface area contributed by atoms with Crippen LogP contribution in [0.5, 0.6) is 5.75 Å². The molecule has 43 heavy (non-hydrogen) atoms. The van der Waals surface area contributed by atoms with Crippen LogP contribution in [0, 0.1) is 13.8 Å². The third-order valence-corrected chi connectivity index (χ3v) is 11.3. The summed E-state index contributed by atoms with van der Waals surface area (Å²) in [6, 6.07) is 9.36. The summed E-state index contributed by atoms with van der Waals surface area (Å²) in [6.07, 6.45) is 3.79. The first-order valence-electron chi connectivity index (χ1n) is 14.5. The van der Waals surface area contributed by atoms with Crippen molar-refractivity contribution >= 4 is 39.4 Å². The molecule has 0 atom stereocenters. The molecule has 0 bridgehead atoms. The minimum absolute atomic E-state index is 0.0381. The van der Waals surface area contributed by atoms with Gasteiger partial charge in [-0.05, 0) is 99.0 Å². The number of sulfonamides is 1. The van der Waals surface area contributed by atoms with Gasteiger partial charge in [0.15, 0.2) is 5.75 Å². The van der Waals surface area contributed by atoms with Crippen molar-refractivity contribution in [1.29, 1.82) is 0 Å². The molecule has 0 aromatic heterocycles. The minimum Gasteiger partial charge on any atom is -0.308 e. The number of imide groups is 1. The van der Waals surface area contributed by atoms with Gasteiger partial charge in [0.2, 0.25) is 10.0 Å². The van der Waals surface area contributed by atoms with Gasteiger partial charge in [-0.1, -0.05) is 12.8 Å². The number of rotatable bonds is 7. The maximum absolute atomic E-state index is 13.4. The van der Waals surface area contributed by atoms with Gasteiger partial charge in [-0.15, -0.1) is 0 Å². The molecule has 2 aromatic carbocycles. The lowest BCUT2D eigenvalue weighted by Crippen LogP contribution is -2.50. The van der Waals surface area contributed by atoms with E-state index in [1.807, 2.05) is 26.0 Å². The second-order valence-electron chi connectivity index (χ2n) is 11.9. The first-order chi connectivity index (χ1) is 20.5. The van der Waals surface area contributed by atoms with Crippen LogP contribution in [0.2, 0.25) is 0 Å². The van der Waals surface area contributed by atoms with Crippen LogP contribution < -0.4 is 20.5 Å². The Kier molecular flexibility index (Phi) is 7.28. The topological polar surface area (TPSA) is 137 Å². The Morgan fingerprint density at radius 2 is 1.56 bits per heavy atom. The van der Waals surface area contributed by atoms with Crippen LogP contribution in [0.4, 0.5) is 15.0 Å². The van der Waals surface area contributed by atoms with Gasteiger partial charge in [0.05, 0.1) is 5.75 Å². The van der Waals surface area contributed by atoms with E-state index in [1.165, 1.54) is 16.4 Å². The predicted molar refractivity (Wildman–Crippen MR) is 157 cm³/mol. The molecule has 6 rings (SSSR count). The van der Waals surface area contributed by atoms with Crippen molar-refractivity contribution in [3.8, 4) is 5.75 Å². The molecule has 228 valence electrons. The molecule has 0 radical (unpaired) electrons. The van der Waals surface area contributed by atoms with Crippen molar-refractivity contribution in [1.82, 2.24) is 14.9 Å². The summed E-state index contributed by atoms with van der Waals surface area (Å²) in [5, 5.41) is 5.27. The number of amidine groups is 1. The molecule has 13 heteroatoms. The number of piperidine rings is 1. The lowest BCUT2D eigenvalue weighted by atomic mass is 9.89. The Labute approximate surface area is 249 Å². The number of carbonyl (C=O) groups excluding carboxylic acids is 3. The van der Waals surface area contributed by atoms with E-state index in [1.54, 1.807) is 17.0 Å². The van der Waals surface area contributed by atoms with Crippen molar-refractivity contribution in [3.63, 3.8) is 0 Å². The number of urea groups is 1. The zero-order valence-electron chi connectivity index (χ0n) is 24.1. The Morgan fingerprint density at radius 3 is 2.16 bits per heavy atom. The van der Waals surface area contributed by atoms with E-state index in [2.05, 4.69) is 20.6 Å². The van der Waals surface area contributed by atoms with Crippen LogP contribution >= 0.6 is 0 Å². The molecule has 3 aliphatic heterocycles. The van der Waals surface area contributed by atoms with Gasteiger partial charge in [-0.3, -0.25) is 29.7 Å². The molecule has 0 unspecified atom stereocenters. The standard InChI is InChI=1S/C30H34FN5O6S/c1-19-17-22(36-28(39)33-27(38)30(36)10-3-4-11-30)18-20(2)24(19)9-16-43(40,41)35-14-12-29(13-15-35)26(37)32-25(34-29)21-5-7-23(42-31)8-6-21/h5-8,17-18H,3-4,9-16H2,1-2H3,(H,32,34,37)(H,33,38,39). The molecule has 4 aliphatic rings. The number of amides is 4. The minimum atomic E-state index is -3.63. The fraction of sp³-hybridized carbons (Fsp3) is 0.467. The van der Waals surface area contributed by atoms with Gasteiger partial charge < -0.3 is 5.32 Å². The second kappa shape index (κ2) is 10.7. The van der Waals surface area contributed by atoms with Crippen LogP contribution in [-0.2, 0) is 26.0 Å². The summed E-state index contributed by atoms with van der Waals surface area (Å²) in [5.41, 5.74) is 1.98. The Balaban J connectivity index is 1.12. The smallest absolute Gasteiger partial charge is 0.308 e. The van der Waals surface area contributed by atoms with Gasteiger partial charge in [0.1, 0.15) is 16.9 Å². The normalized spacial score (nSPS) is 21.4. The second-order valence-corrected chi connectivity index (χ2v) is 14.0. The molecule has 2 spiro atoms. The Bertz CT molecular complexity index is 1600. The van der Waals surface area contributed by atoms with Crippen molar-refractivity contribution in [3.05, 3.63) is 58.7 Å². The fourth-order valence-electron chi connectivity index (χ4n) is 6.99. The molecular weight excluding hydrogens is 577 g/mol. The van der Waals surface area contributed by atoms with Crippen molar-refractivity contribution in [2.24, 2.45) is 4.99 Å². The van der Waals surface area contributed by atoms with Gasteiger partial charge in [0, 0.05) is 28.9 Å². The lowest BCUT2D eigenvalue weighted by molar-refractivity contribution is -0.125. The highest BCUT2D eigenvalue weighted by atomic mass is 32.2. The number of nitrogens with zero attached hydrogens (tertiary/aromatic N) is 3. The van der Waals surface area contributed by atoms with Crippen LogP contribution in [0.3, 0.4) is 0 Å². The Morgan fingerprint density at radius 1 is 0.930 bits per heavy atom. The number of hydrogen-bond acceptors (Lipinski definition) is 7. The molecular formula is C30H34FN5O6S. The summed E-state index contributed by atoms with van der Waals surface area (Å²) in [4.78, 5) is 48.3. The largest absolute Gasteiger partial charge is 0.329 e. The number of anilines is 1. The molecule has 2 aromatic rings. The van der Waals surface area contributed by atoms with Crippen LogP contribution in [0.1, 0.15) is 60.8 Å². The van der Waals surface area contributed by atoms with Gasteiger partial charge in [-0.2, -0.15) is 0 Å². The average molecular weight is 612 g/mol. The predicted octanol–water partition coefficient (Wildman–Crippen LogP) is 3.22. The van der Waals surface area contributed by atoms with Crippen molar-refractivity contribution < 1.29 is 32.3 Å². The number of benzene rings is 2. The summed E-state index contributed by atoms with van der Waals surface area (Å²) in [6.45, 7) is 4.12. The summed E-state index contributed by atoms with van der Waals surface area (Å²) >= 11 is 0. The third kappa shape index (κ3) is 4.97.